The summed E-state index contributed by atoms with van der Waals surface area (Å²) in [4.78, 5) is 2.81. The number of nitrogens with zero attached hydrogens (tertiary/aromatic N) is 2. The summed E-state index contributed by atoms with van der Waals surface area (Å²) in [6, 6.07) is 42.9. The maximum atomic E-state index is 6.78. The van der Waals surface area contributed by atoms with Crippen molar-refractivity contribution in [3.8, 4) is 16.8 Å². The fourth-order valence-electron chi connectivity index (χ4n) is 12.4. The second-order valence-electron chi connectivity index (χ2n) is 20.8. The molecule has 64 heavy (non-hydrogen) atoms. The molecular formula is C59H55BN2OS. The first-order valence-corrected chi connectivity index (χ1v) is 24.9. The van der Waals surface area contributed by atoms with Gasteiger partial charge in [-0.1, -0.05) is 109 Å². The third kappa shape index (κ3) is 5.22. The van der Waals surface area contributed by atoms with Gasteiger partial charge in [0.25, 0.3) is 0 Å². The summed E-state index contributed by atoms with van der Waals surface area (Å²) in [7, 11) is 0. The van der Waals surface area contributed by atoms with Crippen LogP contribution in [0.4, 0.5) is 11.4 Å². The molecule has 0 N–H and O–H groups in total. The second-order valence-corrected chi connectivity index (χ2v) is 21.8. The van der Waals surface area contributed by atoms with E-state index >= 15 is 0 Å². The van der Waals surface area contributed by atoms with Crippen molar-refractivity contribution in [1.29, 1.82) is 0 Å². The highest BCUT2D eigenvalue weighted by molar-refractivity contribution is 7.26. The molecule has 0 spiro atoms. The highest BCUT2D eigenvalue weighted by atomic mass is 32.1. The predicted molar refractivity (Wildman–Crippen MR) is 277 cm³/mol. The summed E-state index contributed by atoms with van der Waals surface area (Å²) in [6.45, 7) is 16.8. The van der Waals surface area contributed by atoms with Gasteiger partial charge in [-0.3, -0.25) is 0 Å². The predicted octanol–water partition coefficient (Wildman–Crippen LogP) is 15.6. The molecular weight excluding hydrogens is 796 g/mol. The summed E-state index contributed by atoms with van der Waals surface area (Å²) in [5, 5.41) is 7.83. The minimum atomic E-state index is -0.0559. The Bertz CT molecular complexity index is 3630. The van der Waals surface area contributed by atoms with E-state index < -0.39 is 0 Å². The van der Waals surface area contributed by atoms with E-state index in [9.17, 15) is 0 Å². The highest BCUT2D eigenvalue weighted by Gasteiger charge is 2.47. The van der Waals surface area contributed by atoms with Crippen LogP contribution in [0.5, 0.6) is 0 Å². The molecule has 2 aliphatic heterocycles. The van der Waals surface area contributed by atoms with Gasteiger partial charge in [0.1, 0.15) is 11.2 Å². The maximum absolute atomic E-state index is 6.78. The Morgan fingerprint density at radius 2 is 1.38 bits per heavy atom. The first kappa shape index (κ1) is 38.7. The van der Waals surface area contributed by atoms with Crippen LogP contribution in [-0.4, -0.2) is 11.4 Å². The van der Waals surface area contributed by atoms with E-state index in [4.69, 9.17) is 4.42 Å². The number of furan rings is 1. The van der Waals surface area contributed by atoms with Crippen molar-refractivity contribution in [2.45, 2.75) is 111 Å². The van der Waals surface area contributed by atoms with Gasteiger partial charge in [0, 0.05) is 54.0 Å². The first-order chi connectivity index (χ1) is 31.1. The molecule has 13 rings (SSSR count). The van der Waals surface area contributed by atoms with Crippen LogP contribution in [0.3, 0.4) is 0 Å². The van der Waals surface area contributed by atoms with Gasteiger partial charge in [-0.2, -0.15) is 0 Å². The maximum Gasteiger partial charge on any atom is 0.333 e. The van der Waals surface area contributed by atoms with Gasteiger partial charge in [-0.05, 0) is 155 Å². The minimum Gasteiger partial charge on any atom is -0.456 e. The molecule has 1 aliphatic carbocycles. The number of aromatic nitrogens is 1. The van der Waals surface area contributed by atoms with Crippen molar-refractivity contribution in [3.63, 3.8) is 0 Å². The standard InChI is InChI=1S/C59H55BN2OS/c1-8-10-16-35-22-23-46-39(29-35)40-30-36(17-11-9-2)31-45-55(40)61(46)56-54-42(32-41-37-18-13-15-21-51(37)64-57(41)56)52-47(24-25-50-53(52)38-19-12-14-20-49(38)63-50)62(60(45)54)48-33-44-43(28-34(48)3)58(4,5)26-27-59(44,6)7/h12-15,18-25,28-33H,8-11,16-17,26-27H2,1-7H3. The topological polar surface area (TPSA) is 21.3 Å². The van der Waals surface area contributed by atoms with Gasteiger partial charge in [0.05, 0.1) is 21.4 Å². The first-order valence-electron chi connectivity index (χ1n) is 24.0. The quantitative estimate of drug-likeness (QED) is 0.149. The molecule has 3 nitrogen and oxygen atoms in total. The van der Waals surface area contributed by atoms with Crippen molar-refractivity contribution in [2.24, 2.45) is 0 Å². The summed E-state index contributed by atoms with van der Waals surface area (Å²) < 4.78 is 12.2. The molecule has 0 saturated heterocycles. The van der Waals surface area contributed by atoms with Crippen LogP contribution in [0.25, 0.3) is 80.7 Å². The van der Waals surface area contributed by atoms with E-state index in [0.717, 1.165) is 24.0 Å². The van der Waals surface area contributed by atoms with Gasteiger partial charge in [-0.15, -0.1) is 11.3 Å². The van der Waals surface area contributed by atoms with Crippen LogP contribution >= 0.6 is 11.3 Å². The van der Waals surface area contributed by atoms with E-state index in [1.54, 1.807) is 0 Å². The number of anilines is 2. The van der Waals surface area contributed by atoms with E-state index in [-0.39, 0.29) is 17.7 Å². The Morgan fingerprint density at radius 1 is 0.656 bits per heavy atom. The Kier molecular flexibility index (Phi) is 8.23. The summed E-state index contributed by atoms with van der Waals surface area (Å²) in [5.41, 5.74) is 21.3. The zero-order valence-electron chi connectivity index (χ0n) is 38.3. The normalized spacial score (nSPS) is 15.9. The third-order valence-corrected chi connectivity index (χ3v) is 17.1. The largest absolute Gasteiger partial charge is 0.456 e. The highest BCUT2D eigenvalue weighted by Crippen LogP contribution is 2.54. The van der Waals surface area contributed by atoms with E-state index in [0.29, 0.717) is 0 Å². The van der Waals surface area contributed by atoms with Crippen molar-refractivity contribution in [2.75, 3.05) is 4.81 Å². The van der Waals surface area contributed by atoms with Crippen LogP contribution in [0.15, 0.2) is 114 Å². The average Bonchev–Trinajstić information content (AvgIpc) is 3.97. The zero-order valence-corrected chi connectivity index (χ0v) is 39.2. The second kappa shape index (κ2) is 13.6. The molecule has 10 aromatic rings. The molecule has 0 radical (unpaired) electrons. The SMILES string of the molecule is CCCCc1ccc2c(c1)c1cc(CCCC)cc3c1n2-c1c2c(cc4c1sc1ccccc14)-c1c(ccc4oc5ccccc5c14)N(c1cc4c(cc1C)C(C)(C)CCC4(C)C)B23. The van der Waals surface area contributed by atoms with Crippen LogP contribution in [0, 0.1) is 6.92 Å². The smallest absolute Gasteiger partial charge is 0.333 e. The molecule has 3 aromatic heterocycles. The minimum absolute atomic E-state index is 0.0559. The number of unbranched alkanes of at least 4 members (excludes halogenated alkanes) is 2. The van der Waals surface area contributed by atoms with Crippen molar-refractivity contribution in [3.05, 3.63) is 137 Å². The number of thiophene rings is 1. The third-order valence-electron chi connectivity index (χ3n) is 15.9. The number of benzene rings is 7. The van der Waals surface area contributed by atoms with Gasteiger partial charge in [0.2, 0.25) is 0 Å². The molecule has 5 heterocycles. The lowest BCUT2D eigenvalue weighted by Crippen LogP contribution is -2.61. The Balaban J connectivity index is 1.25. The molecule has 5 heteroatoms. The Hall–Kier alpha value is -5.78. The monoisotopic (exact) mass is 850 g/mol. The number of rotatable bonds is 7. The Labute approximate surface area is 380 Å². The van der Waals surface area contributed by atoms with E-state index in [1.807, 2.05) is 11.3 Å². The van der Waals surface area contributed by atoms with Crippen LogP contribution in [0.2, 0.25) is 0 Å². The zero-order chi connectivity index (χ0) is 43.4. The summed E-state index contributed by atoms with van der Waals surface area (Å²) >= 11 is 1.97. The fourth-order valence-corrected chi connectivity index (χ4v) is 13.7. The molecule has 0 bridgehead atoms. The van der Waals surface area contributed by atoms with Crippen LogP contribution < -0.4 is 15.7 Å². The number of hydrogen-bond donors (Lipinski definition) is 0. The van der Waals surface area contributed by atoms with Gasteiger partial charge in [0.15, 0.2) is 0 Å². The summed E-state index contributed by atoms with van der Waals surface area (Å²) in [5.74, 6) is 0. The van der Waals surface area contributed by atoms with Gasteiger partial charge in [-0.25, -0.2) is 0 Å². The van der Waals surface area contributed by atoms with Gasteiger partial charge < -0.3 is 13.8 Å². The van der Waals surface area contributed by atoms with E-state index in [2.05, 4.69) is 167 Å². The summed E-state index contributed by atoms with van der Waals surface area (Å²) in [6.07, 6.45) is 9.29. The number of fused-ring (bicyclic) bond motifs is 16. The fraction of sp³-hybridized carbons (Fsp3) is 0.288. The molecule has 0 unspecified atom stereocenters. The Morgan fingerprint density at radius 3 is 2.17 bits per heavy atom. The van der Waals surface area contributed by atoms with Crippen molar-refractivity contribution >= 4 is 104 Å². The van der Waals surface area contributed by atoms with Crippen molar-refractivity contribution < 1.29 is 4.42 Å². The lowest BCUT2D eigenvalue weighted by molar-refractivity contribution is 0.332. The number of para-hydroxylation sites is 1. The molecule has 0 fully saturated rings. The average molecular weight is 851 g/mol. The molecule has 316 valence electrons. The molecule has 3 aliphatic rings. The van der Waals surface area contributed by atoms with Gasteiger partial charge >= 0.3 is 6.85 Å². The lowest BCUT2D eigenvalue weighted by atomic mass is 9.43. The van der Waals surface area contributed by atoms with Crippen LogP contribution in [0.1, 0.15) is 108 Å². The lowest BCUT2D eigenvalue weighted by Gasteiger charge is -2.46. The van der Waals surface area contributed by atoms with Crippen molar-refractivity contribution in [1.82, 2.24) is 4.57 Å². The number of aryl methyl sites for hydroxylation is 3. The molecule has 0 saturated carbocycles. The molecule has 7 aromatic carbocycles. The van der Waals surface area contributed by atoms with Crippen LogP contribution in [-0.2, 0) is 23.7 Å². The molecule has 0 atom stereocenters. The van der Waals surface area contributed by atoms with E-state index in [1.165, 1.54) is 158 Å². The molecule has 0 amide bonds. The number of hydrogen-bond acceptors (Lipinski definition) is 3.